The van der Waals surface area contributed by atoms with Crippen LogP contribution in [0.3, 0.4) is 0 Å². The maximum absolute atomic E-state index is 3.73. The van der Waals surface area contributed by atoms with E-state index in [1.54, 1.807) is 0 Å². The molecule has 0 aromatic rings. The van der Waals surface area contributed by atoms with E-state index in [2.05, 4.69) is 46.9 Å². The third-order valence-corrected chi connectivity index (χ3v) is 3.83. The predicted molar refractivity (Wildman–Crippen MR) is 70.2 cm³/mol. The van der Waals surface area contributed by atoms with Crippen LogP contribution in [0.2, 0.25) is 0 Å². The van der Waals surface area contributed by atoms with Gasteiger partial charge in [0.05, 0.1) is 0 Å². The third-order valence-electron chi connectivity index (χ3n) is 3.83. The summed E-state index contributed by atoms with van der Waals surface area (Å²) in [6.45, 7) is 15.1. The molecule has 0 bridgehead atoms. The fourth-order valence-corrected chi connectivity index (χ4v) is 1.81. The molecule has 1 nitrogen and oxygen atoms in total. The molecule has 92 valence electrons. The van der Waals surface area contributed by atoms with Gasteiger partial charge in [-0.25, -0.2) is 0 Å². The minimum absolute atomic E-state index is 0.429. The van der Waals surface area contributed by atoms with Gasteiger partial charge >= 0.3 is 0 Å². The molecule has 1 N–H and O–H groups in total. The topological polar surface area (TPSA) is 12.0 Å². The monoisotopic (exact) mass is 213 g/mol. The molecule has 0 heterocycles. The summed E-state index contributed by atoms with van der Waals surface area (Å²) in [5.41, 5.74) is 0.429. The van der Waals surface area contributed by atoms with Gasteiger partial charge in [0.2, 0.25) is 0 Å². The lowest BCUT2D eigenvalue weighted by Crippen LogP contribution is -2.43. The summed E-state index contributed by atoms with van der Waals surface area (Å²) in [5.74, 6) is 0.838. The lowest BCUT2D eigenvalue weighted by Gasteiger charge is -2.36. The Morgan fingerprint density at radius 3 is 2.13 bits per heavy atom. The first kappa shape index (κ1) is 15.0. The van der Waals surface area contributed by atoms with Crippen molar-refractivity contribution in [2.45, 2.75) is 73.3 Å². The Hall–Kier alpha value is -0.0400. The first-order chi connectivity index (χ1) is 6.97. The highest BCUT2D eigenvalue weighted by atomic mass is 14.9. The van der Waals surface area contributed by atoms with Crippen LogP contribution in [-0.4, -0.2) is 12.6 Å². The van der Waals surface area contributed by atoms with Crippen LogP contribution in [0.5, 0.6) is 0 Å². The largest absolute Gasteiger partial charge is 0.313 e. The lowest BCUT2D eigenvalue weighted by molar-refractivity contribution is 0.199. The Morgan fingerprint density at radius 2 is 1.73 bits per heavy atom. The van der Waals surface area contributed by atoms with Gasteiger partial charge in [-0.2, -0.15) is 0 Å². The molecule has 0 fully saturated rings. The number of hydrogen-bond acceptors (Lipinski definition) is 1. The highest BCUT2D eigenvalue weighted by Crippen LogP contribution is 2.29. The highest BCUT2D eigenvalue weighted by molar-refractivity contribution is 4.84. The SMILES string of the molecule is CCCNC(CC(C)CC)C(C)(C)CC. The van der Waals surface area contributed by atoms with Gasteiger partial charge in [0, 0.05) is 6.04 Å². The Bertz CT molecular complexity index is 151. The molecule has 2 unspecified atom stereocenters. The highest BCUT2D eigenvalue weighted by Gasteiger charge is 2.27. The summed E-state index contributed by atoms with van der Waals surface area (Å²) in [6.07, 6.45) is 5.10. The smallest absolute Gasteiger partial charge is 0.0121 e. The molecular weight excluding hydrogens is 182 g/mol. The van der Waals surface area contributed by atoms with Crippen molar-refractivity contribution in [1.82, 2.24) is 5.32 Å². The summed E-state index contributed by atoms with van der Waals surface area (Å²) in [6, 6.07) is 0.678. The first-order valence-electron chi connectivity index (χ1n) is 6.71. The maximum Gasteiger partial charge on any atom is 0.0121 e. The average molecular weight is 213 g/mol. The Kier molecular flexibility index (Phi) is 7.25. The van der Waals surface area contributed by atoms with E-state index in [0.717, 1.165) is 12.5 Å². The van der Waals surface area contributed by atoms with Crippen LogP contribution in [0.25, 0.3) is 0 Å². The number of rotatable bonds is 8. The molecule has 0 aliphatic heterocycles. The average Bonchev–Trinajstić information content (AvgIpc) is 2.23. The van der Waals surface area contributed by atoms with Crippen molar-refractivity contribution in [3.63, 3.8) is 0 Å². The number of hydrogen-bond donors (Lipinski definition) is 1. The van der Waals surface area contributed by atoms with Crippen LogP contribution in [0.4, 0.5) is 0 Å². The molecular formula is C14H31N. The first-order valence-corrected chi connectivity index (χ1v) is 6.71. The van der Waals surface area contributed by atoms with Crippen LogP contribution >= 0.6 is 0 Å². The third kappa shape index (κ3) is 5.55. The normalized spacial score (nSPS) is 16.4. The van der Waals surface area contributed by atoms with Crippen LogP contribution in [-0.2, 0) is 0 Å². The molecule has 2 atom stereocenters. The Labute approximate surface area is 97.0 Å². The molecule has 0 aromatic carbocycles. The van der Waals surface area contributed by atoms with E-state index in [4.69, 9.17) is 0 Å². The summed E-state index contributed by atoms with van der Waals surface area (Å²) in [7, 11) is 0. The van der Waals surface area contributed by atoms with Crippen molar-refractivity contribution in [2.75, 3.05) is 6.54 Å². The second kappa shape index (κ2) is 7.27. The van der Waals surface area contributed by atoms with Crippen molar-refractivity contribution in [3.8, 4) is 0 Å². The summed E-state index contributed by atoms with van der Waals surface area (Å²) in [4.78, 5) is 0. The van der Waals surface area contributed by atoms with Crippen LogP contribution in [0.1, 0.15) is 67.2 Å². The lowest BCUT2D eigenvalue weighted by atomic mass is 9.77. The second-order valence-corrected chi connectivity index (χ2v) is 5.60. The van der Waals surface area contributed by atoms with E-state index >= 15 is 0 Å². The van der Waals surface area contributed by atoms with E-state index in [0.29, 0.717) is 11.5 Å². The molecule has 0 spiro atoms. The van der Waals surface area contributed by atoms with Crippen LogP contribution in [0, 0.1) is 11.3 Å². The second-order valence-electron chi connectivity index (χ2n) is 5.60. The quantitative estimate of drug-likeness (QED) is 0.636. The van der Waals surface area contributed by atoms with Crippen molar-refractivity contribution in [1.29, 1.82) is 0 Å². The summed E-state index contributed by atoms with van der Waals surface area (Å²) in [5, 5.41) is 3.73. The molecule has 15 heavy (non-hydrogen) atoms. The van der Waals surface area contributed by atoms with Gasteiger partial charge < -0.3 is 5.32 Å². The molecule has 0 rings (SSSR count). The van der Waals surface area contributed by atoms with E-state index in [9.17, 15) is 0 Å². The molecule has 0 aliphatic carbocycles. The van der Waals surface area contributed by atoms with E-state index in [-0.39, 0.29) is 0 Å². The van der Waals surface area contributed by atoms with Crippen molar-refractivity contribution >= 4 is 0 Å². The van der Waals surface area contributed by atoms with E-state index < -0.39 is 0 Å². The van der Waals surface area contributed by atoms with Crippen molar-refractivity contribution in [2.24, 2.45) is 11.3 Å². The molecule has 0 aliphatic rings. The van der Waals surface area contributed by atoms with Gasteiger partial charge in [-0.1, -0.05) is 48.0 Å². The molecule has 0 saturated heterocycles. The van der Waals surface area contributed by atoms with Crippen molar-refractivity contribution < 1.29 is 0 Å². The van der Waals surface area contributed by atoms with Crippen molar-refractivity contribution in [3.05, 3.63) is 0 Å². The van der Waals surface area contributed by atoms with Gasteiger partial charge in [-0.15, -0.1) is 0 Å². The number of nitrogens with one attached hydrogen (secondary N) is 1. The molecule has 0 saturated carbocycles. The van der Waals surface area contributed by atoms with Gasteiger partial charge in [-0.05, 0) is 37.1 Å². The fraction of sp³-hybridized carbons (Fsp3) is 1.00. The summed E-state index contributed by atoms with van der Waals surface area (Å²) >= 11 is 0. The van der Waals surface area contributed by atoms with E-state index in [1.807, 2.05) is 0 Å². The zero-order valence-electron chi connectivity index (χ0n) is 11.7. The van der Waals surface area contributed by atoms with Crippen LogP contribution in [0.15, 0.2) is 0 Å². The van der Waals surface area contributed by atoms with Gasteiger partial charge in [0.25, 0.3) is 0 Å². The zero-order chi connectivity index (χ0) is 11.9. The van der Waals surface area contributed by atoms with Gasteiger partial charge in [0.1, 0.15) is 0 Å². The molecule has 0 amide bonds. The van der Waals surface area contributed by atoms with E-state index in [1.165, 1.54) is 25.7 Å². The maximum atomic E-state index is 3.73. The van der Waals surface area contributed by atoms with Crippen LogP contribution < -0.4 is 5.32 Å². The molecule has 0 radical (unpaired) electrons. The van der Waals surface area contributed by atoms with Gasteiger partial charge in [0.15, 0.2) is 0 Å². The molecule has 1 heteroatoms. The van der Waals surface area contributed by atoms with Gasteiger partial charge in [-0.3, -0.25) is 0 Å². The molecule has 0 aromatic heterocycles. The minimum Gasteiger partial charge on any atom is -0.313 e. The predicted octanol–water partition coefficient (Wildman–Crippen LogP) is 4.23. The zero-order valence-corrected chi connectivity index (χ0v) is 11.7. The minimum atomic E-state index is 0.429. The Morgan fingerprint density at radius 1 is 1.13 bits per heavy atom. The fourth-order valence-electron chi connectivity index (χ4n) is 1.81. The summed E-state index contributed by atoms with van der Waals surface area (Å²) < 4.78 is 0. The standard InChI is InChI=1S/C14H31N/c1-7-10-15-13(11-12(4)8-2)14(5,6)9-3/h12-13,15H,7-11H2,1-6H3. The Balaban J connectivity index is 4.29.